The Morgan fingerprint density at radius 2 is 2.14 bits per heavy atom. The molecule has 1 saturated heterocycles. The number of thioether (sulfide) groups is 1. The smallest absolute Gasteiger partial charge is 0.233 e. The highest BCUT2D eigenvalue weighted by molar-refractivity contribution is 8.00. The molecule has 1 fully saturated rings. The van der Waals surface area contributed by atoms with Crippen LogP contribution in [-0.4, -0.2) is 28.2 Å². The molecule has 0 saturated carbocycles. The predicted molar refractivity (Wildman–Crippen MR) is 86.8 cm³/mol. The lowest BCUT2D eigenvalue weighted by molar-refractivity contribution is -0.129. The number of phenols is 1. The highest BCUT2D eigenvalue weighted by atomic mass is 32.2. The second-order valence-corrected chi connectivity index (χ2v) is 7.07. The average molecular weight is 319 g/mol. The Bertz CT molecular complexity index is 595. The van der Waals surface area contributed by atoms with Crippen LogP contribution < -0.4 is 0 Å². The van der Waals surface area contributed by atoms with Crippen molar-refractivity contribution in [2.24, 2.45) is 0 Å². The second-order valence-electron chi connectivity index (χ2n) is 5.04. The van der Waals surface area contributed by atoms with Crippen molar-refractivity contribution in [3.8, 4) is 5.75 Å². The van der Waals surface area contributed by atoms with Crippen LogP contribution >= 0.6 is 23.1 Å². The van der Waals surface area contributed by atoms with Crippen molar-refractivity contribution in [2.75, 3.05) is 12.3 Å². The Morgan fingerprint density at radius 3 is 2.86 bits per heavy atom. The van der Waals surface area contributed by atoms with Crippen molar-refractivity contribution < 1.29 is 9.90 Å². The topological polar surface area (TPSA) is 40.5 Å². The monoisotopic (exact) mass is 319 g/mol. The maximum atomic E-state index is 12.5. The molecular weight excluding hydrogens is 302 g/mol. The number of hydrogen-bond acceptors (Lipinski definition) is 4. The van der Waals surface area contributed by atoms with E-state index >= 15 is 0 Å². The summed E-state index contributed by atoms with van der Waals surface area (Å²) < 4.78 is 0. The van der Waals surface area contributed by atoms with Gasteiger partial charge in [-0.2, -0.15) is 0 Å². The maximum Gasteiger partial charge on any atom is 0.233 e. The summed E-state index contributed by atoms with van der Waals surface area (Å²) in [6, 6.07) is 11.4. The largest absolute Gasteiger partial charge is 0.508 e. The quantitative estimate of drug-likeness (QED) is 0.869. The fourth-order valence-electron chi connectivity index (χ4n) is 2.61. The van der Waals surface area contributed by atoms with Crippen molar-refractivity contribution in [1.82, 2.24) is 4.90 Å². The summed E-state index contributed by atoms with van der Waals surface area (Å²) in [5, 5.41) is 11.3. The Hall–Kier alpha value is -1.46. The molecular formula is C16H17NO2S2. The first-order valence-electron chi connectivity index (χ1n) is 6.99. The molecule has 0 bridgehead atoms. The molecule has 0 aliphatic carbocycles. The number of benzene rings is 1. The van der Waals surface area contributed by atoms with Crippen LogP contribution in [0.3, 0.4) is 0 Å². The molecule has 0 radical (unpaired) electrons. The fourth-order valence-corrected chi connectivity index (χ4v) is 4.27. The molecule has 0 spiro atoms. The van der Waals surface area contributed by atoms with Crippen molar-refractivity contribution in [3.63, 3.8) is 0 Å². The van der Waals surface area contributed by atoms with Crippen LogP contribution in [0.5, 0.6) is 5.75 Å². The minimum absolute atomic E-state index is 0.198. The number of likely N-dealkylation sites (tertiary alicyclic amines) is 1. The number of aromatic hydroxyl groups is 1. The van der Waals surface area contributed by atoms with Gasteiger partial charge >= 0.3 is 0 Å². The fraction of sp³-hybridized carbons (Fsp3) is 0.312. The van der Waals surface area contributed by atoms with Gasteiger partial charge in [0, 0.05) is 16.3 Å². The van der Waals surface area contributed by atoms with E-state index in [1.54, 1.807) is 23.5 Å². The number of nitrogens with zero attached hydrogens (tertiary/aromatic N) is 1. The van der Waals surface area contributed by atoms with Gasteiger partial charge in [0.2, 0.25) is 5.91 Å². The highest BCUT2D eigenvalue weighted by Gasteiger charge is 2.30. The van der Waals surface area contributed by atoms with E-state index in [0.29, 0.717) is 5.75 Å². The molecule has 21 heavy (non-hydrogen) atoms. The van der Waals surface area contributed by atoms with Crippen LogP contribution in [0.25, 0.3) is 0 Å². The lowest BCUT2D eigenvalue weighted by Gasteiger charge is -2.23. The van der Waals surface area contributed by atoms with Crippen molar-refractivity contribution in [1.29, 1.82) is 0 Å². The van der Waals surface area contributed by atoms with Gasteiger partial charge in [-0.25, -0.2) is 0 Å². The second kappa shape index (κ2) is 6.54. The molecule has 1 aromatic heterocycles. The number of hydrogen-bond donors (Lipinski definition) is 1. The molecule has 1 aliphatic heterocycles. The minimum Gasteiger partial charge on any atom is -0.508 e. The summed E-state index contributed by atoms with van der Waals surface area (Å²) in [6.07, 6.45) is 2.15. The van der Waals surface area contributed by atoms with Crippen LogP contribution in [0.1, 0.15) is 23.8 Å². The molecule has 5 heteroatoms. The Morgan fingerprint density at radius 1 is 1.33 bits per heavy atom. The Kier molecular flexibility index (Phi) is 4.51. The standard InChI is InChI=1S/C16H17NO2S2/c18-12-5-7-13(8-6-12)21-11-16(19)17-9-1-3-14(17)15-4-2-10-20-15/h2,4-8,10,14,18H,1,3,9,11H2. The van der Waals surface area contributed by atoms with Gasteiger partial charge in [-0.1, -0.05) is 6.07 Å². The molecule has 2 heterocycles. The van der Waals surface area contributed by atoms with Crippen molar-refractivity contribution in [3.05, 3.63) is 46.7 Å². The molecule has 110 valence electrons. The minimum atomic E-state index is 0.198. The molecule has 1 N–H and O–H groups in total. The highest BCUT2D eigenvalue weighted by Crippen LogP contribution is 2.35. The van der Waals surface area contributed by atoms with Crippen LogP contribution in [0.2, 0.25) is 0 Å². The number of thiophene rings is 1. The van der Waals surface area contributed by atoms with Gasteiger partial charge in [0.1, 0.15) is 5.75 Å². The summed E-state index contributed by atoms with van der Waals surface area (Å²) in [7, 11) is 0. The average Bonchev–Trinajstić information content (AvgIpc) is 3.16. The third kappa shape index (κ3) is 3.41. The van der Waals surface area contributed by atoms with Crippen LogP contribution in [0.4, 0.5) is 0 Å². The number of amides is 1. The molecule has 3 nitrogen and oxygen atoms in total. The zero-order chi connectivity index (χ0) is 14.7. The summed E-state index contributed by atoms with van der Waals surface area (Å²) in [4.78, 5) is 16.8. The summed E-state index contributed by atoms with van der Waals surface area (Å²) >= 11 is 3.25. The SMILES string of the molecule is O=C(CSc1ccc(O)cc1)N1CCCC1c1cccs1. The number of carbonyl (C=O) groups is 1. The van der Waals surface area contributed by atoms with E-state index in [1.807, 2.05) is 23.1 Å². The number of phenolic OH excluding ortho intramolecular Hbond substituents is 1. The summed E-state index contributed by atoms with van der Waals surface area (Å²) in [5.41, 5.74) is 0. The van der Waals surface area contributed by atoms with Gasteiger partial charge in [0.15, 0.2) is 0 Å². The van der Waals surface area contributed by atoms with E-state index in [-0.39, 0.29) is 17.7 Å². The summed E-state index contributed by atoms with van der Waals surface area (Å²) in [5.74, 6) is 0.902. The van der Waals surface area contributed by atoms with Crippen molar-refractivity contribution >= 4 is 29.0 Å². The van der Waals surface area contributed by atoms with E-state index in [0.717, 1.165) is 24.3 Å². The third-order valence-corrected chi connectivity index (χ3v) is 5.61. The Labute approximate surface area is 132 Å². The van der Waals surface area contributed by atoms with Gasteiger partial charge in [0.05, 0.1) is 11.8 Å². The van der Waals surface area contributed by atoms with E-state index in [9.17, 15) is 9.90 Å². The molecule has 2 aromatic rings. The van der Waals surface area contributed by atoms with E-state index in [1.165, 1.54) is 16.6 Å². The zero-order valence-electron chi connectivity index (χ0n) is 11.6. The maximum absolute atomic E-state index is 12.5. The van der Waals surface area contributed by atoms with Crippen LogP contribution in [0.15, 0.2) is 46.7 Å². The molecule has 1 aliphatic rings. The molecule has 1 atom stereocenters. The van der Waals surface area contributed by atoms with E-state index < -0.39 is 0 Å². The first-order chi connectivity index (χ1) is 10.2. The van der Waals surface area contributed by atoms with Gasteiger partial charge < -0.3 is 10.0 Å². The molecule has 3 rings (SSSR count). The van der Waals surface area contributed by atoms with E-state index in [2.05, 4.69) is 11.4 Å². The predicted octanol–water partition coefficient (Wildman–Crippen LogP) is 3.91. The number of rotatable bonds is 4. The third-order valence-electron chi connectivity index (χ3n) is 3.64. The lowest BCUT2D eigenvalue weighted by Crippen LogP contribution is -2.31. The summed E-state index contributed by atoms with van der Waals surface area (Å²) in [6.45, 7) is 0.859. The zero-order valence-corrected chi connectivity index (χ0v) is 13.2. The number of carbonyl (C=O) groups excluding carboxylic acids is 1. The van der Waals surface area contributed by atoms with Crippen molar-refractivity contribution in [2.45, 2.75) is 23.8 Å². The Balaban J connectivity index is 1.61. The lowest BCUT2D eigenvalue weighted by atomic mass is 10.2. The first-order valence-corrected chi connectivity index (χ1v) is 8.85. The molecule has 1 amide bonds. The first kappa shape index (κ1) is 14.5. The molecule has 1 aromatic carbocycles. The van der Waals surface area contributed by atoms with E-state index in [4.69, 9.17) is 0 Å². The normalized spacial score (nSPS) is 18.1. The van der Waals surface area contributed by atoms with Crippen LogP contribution in [0, 0.1) is 0 Å². The van der Waals surface area contributed by atoms with Gasteiger partial charge in [-0.05, 0) is 48.6 Å². The molecule has 1 unspecified atom stereocenters. The van der Waals surface area contributed by atoms with Gasteiger partial charge in [0.25, 0.3) is 0 Å². The van der Waals surface area contributed by atoms with Gasteiger partial charge in [-0.15, -0.1) is 23.1 Å². The van der Waals surface area contributed by atoms with Crippen LogP contribution in [-0.2, 0) is 4.79 Å². The van der Waals surface area contributed by atoms with Gasteiger partial charge in [-0.3, -0.25) is 4.79 Å².